The number of aliphatic carboxylic acids is 1. The summed E-state index contributed by atoms with van der Waals surface area (Å²) in [7, 11) is -4.04. The number of benzene rings is 3. The van der Waals surface area contributed by atoms with Crippen LogP contribution in [0.3, 0.4) is 0 Å². The first kappa shape index (κ1) is 29.3. The van der Waals surface area contributed by atoms with Gasteiger partial charge in [0, 0.05) is 11.0 Å². The van der Waals surface area contributed by atoms with E-state index in [2.05, 4.69) is 26.0 Å². The summed E-state index contributed by atoms with van der Waals surface area (Å²) in [5.41, 5.74) is 1.77. The van der Waals surface area contributed by atoms with Crippen LogP contribution in [0.1, 0.15) is 32.6 Å². The predicted octanol–water partition coefficient (Wildman–Crippen LogP) is 4.99. The fourth-order valence-electron chi connectivity index (χ4n) is 3.74. The van der Waals surface area contributed by atoms with Gasteiger partial charge >= 0.3 is 5.97 Å². The quantitative estimate of drug-likeness (QED) is 0.223. The summed E-state index contributed by atoms with van der Waals surface area (Å²) in [4.78, 5) is 24.2. The molecule has 10 heteroatoms. The molecule has 0 spiro atoms. The van der Waals surface area contributed by atoms with Gasteiger partial charge in [0.1, 0.15) is 11.8 Å². The maximum atomic E-state index is 12.8. The van der Waals surface area contributed by atoms with Crippen LogP contribution in [0.4, 0.5) is 0 Å². The van der Waals surface area contributed by atoms with Crippen LogP contribution in [-0.4, -0.2) is 44.1 Å². The van der Waals surface area contributed by atoms with Crippen LogP contribution in [-0.2, 0) is 19.6 Å². The van der Waals surface area contributed by atoms with E-state index in [-0.39, 0.29) is 17.2 Å². The lowest BCUT2D eigenvalue weighted by atomic mass is 10.1. The van der Waals surface area contributed by atoms with E-state index in [0.717, 1.165) is 15.6 Å². The third kappa shape index (κ3) is 8.68. The number of para-hydroxylation sites is 1. The van der Waals surface area contributed by atoms with Gasteiger partial charge < -0.3 is 15.2 Å². The Morgan fingerprint density at radius 1 is 0.921 bits per heavy atom. The summed E-state index contributed by atoms with van der Waals surface area (Å²) in [6, 6.07) is 21.7. The lowest BCUT2D eigenvalue weighted by molar-refractivity contribution is -0.139. The molecule has 0 aliphatic rings. The molecule has 3 aromatic rings. The Bertz CT molecular complexity index is 1300. The molecule has 8 nitrogen and oxygen atoms in total. The van der Waals surface area contributed by atoms with Gasteiger partial charge in [-0.3, -0.25) is 9.59 Å². The normalized spacial score (nSPS) is 12.9. The predicted molar refractivity (Wildman–Crippen MR) is 149 cm³/mol. The highest BCUT2D eigenvalue weighted by Crippen LogP contribution is 2.23. The third-order valence-electron chi connectivity index (χ3n) is 5.84. The van der Waals surface area contributed by atoms with Crippen molar-refractivity contribution in [3.63, 3.8) is 0 Å². The molecule has 0 aromatic heterocycles. The Balaban J connectivity index is 1.48. The Morgan fingerprint density at radius 3 is 2.11 bits per heavy atom. The van der Waals surface area contributed by atoms with Crippen LogP contribution >= 0.6 is 15.9 Å². The van der Waals surface area contributed by atoms with E-state index in [1.54, 1.807) is 24.3 Å². The molecule has 0 radical (unpaired) electrons. The van der Waals surface area contributed by atoms with Gasteiger partial charge in [-0.1, -0.05) is 65.3 Å². The summed E-state index contributed by atoms with van der Waals surface area (Å²) < 4.78 is 34.6. The molecular formula is C28H31BrN2O6S. The summed E-state index contributed by atoms with van der Waals surface area (Å²) in [6.07, 6.45) is 0.831. The third-order valence-corrected chi connectivity index (χ3v) is 7.86. The van der Waals surface area contributed by atoms with Gasteiger partial charge in [-0.25, -0.2) is 8.42 Å². The number of amides is 1. The zero-order valence-electron chi connectivity index (χ0n) is 21.0. The van der Waals surface area contributed by atoms with E-state index in [4.69, 9.17) is 4.74 Å². The molecule has 0 bridgehead atoms. The Hall–Kier alpha value is -3.21. The maximum absolute atomic E-state index is 12.8. The van der Waals surface area contributed by atoms with Gasteiger partial charge in [0.05, 0.1) is 4.90 Å². The van der Waals surface area contributed by atoms with Crippen molar-refractivity contribution in [1.29, 1.82) is 0 Å². The van der Waals surface area contributed by atoms with Crippen molar-refractivity contribution in [2.24, 2.45) is 0 Å². The van der Waals surface area contributed by atoms with Gasteiger partial charge in [-0.15, -0.1) is 0 Å². The van der Waals surface area contributed by atoms with Gasteiger partial charge in [0.15, 0.2) is 6.10 Å². The first-order valence-corrected chi connectivity index (χ1v) is 14.6. The Kier molecular flexibility index (Phi) is 10.9. The number of hydrogen-bond acceptors (Lipinski definition) is 5. The second kappa shape index (κ2) is 14.1. The first-order valence-electron chi connectivity index (χ1n) is 12.3. The van der Waals surface area contributed by atoms with Crippen molar-refractivity contribution in [3.8, 4) is 16.9 Å². The van der Waals surface area contributed by atoms with Gasteiger partial charge in [-0.2, -0.15) is 4.72 Å². The number of rotatable bonds is 14. The zero-order chi connectivity index (χ0) is 27.5. The molecule has 0 fully saturated rings. The van der Waals surface area contributed by atoms with Crippen molar-refractivity contribution in [2.45, 2.75) is 49.6 Å². The second-order valence-electron chi connectivity index (χ2n) is 8.66. The molecule has 0 aliphatic carbocycles. The number of carboxylic acids is 1. The largest absolute Gasteiger partial charge is 0.481 e. The standard InChI is InChI=1S/C28H31BrN2O6S/c1-2-26(37-23-8-4-3-5-9-23)27(32)30-19-7-6-10-25(28(33)34)31-38(35,36)24-17-13-21(14-18-24)20-11-15-22(29)16-12-20/h3-5,8-9,11-18,25-26,31H,2,6-7,10,19H2,1H3,(H,30,32)(H,33,34). The van der Waals surface area contributed by atoms with Crippen molar-refractivity contribution >= 4 is 37.8 Å². The van der Waals surface area contributed by atoms with Gasteiger partial charge in [0.25, 0.3) is 5.91 Å². The van der Waals surface area contributed by atoms with E-state index in [9.17, 15) is 23.1 Å². The number of unbranched alkanes of at least 4 members (excludes halogenated alkanes) is 1. The number of halogens is 1. The lowest BCUT2D eigenvalue weighted by Crippen LogP contribution is -2.41. The lowest BCUT2D eigenvalue weighted by Gasteiger charge is -2.18. The number of hydrogen-bond donors (Lipinski definition) is 3. The second-order valence-corrected chi connectivity index (χ2v) is 11.3. The van der Waals surface area contributed by atoms with Crippen molar-refractivity contribution in [3.05, 3.63) is 83.3 Å². The molecular weight excluding hydrogens is 572 g/mol. The van der Waals surface area contributed by atoms with Crippen molar-refractivity contribution in [2.75, 3.05) is 6.54 Å². The molecule has 2 unspecified atom stereocenters. The van der Waals surface area contributed by atoms with Crippen molar-refractivity contribution in [1.82, 2.24) is 10.0 Å². The number of ether oxygens (including phenoxy) is 1. The first-order chi connectivity index (χ1) is 18.2. The smallest absolute Gasteiger partial charge is 0.321 e. The molecule has 3 N–H and O–H groups in total. The van der Waals surface area contributed by atoms with Gasteiger partial charge in [0.2, 0.25) is 10.0 Å². The van der Waals surface area contributed by atoms with Crippen LogP contribution in [0.5, 0.6) is 5.75 Å². The molecule has 2 atom stereocenters. The van der Waals surface area contributed by atoms with E-state index in [0.29, 0.717) is 31.6 Å². The minimum Gasteiger partial charge on any atom is -0.481 e. The van der Waals surface area contributed by atoms with Crippen LogP contribution in [0, 0.1) is 0 Å². The molecule has 0 saturated heterocycles. The molecule has 0 aliphatic heterocycles. The van der Waals surface area contributed by atoms with E-state index < -0.39 is 28.1 Å². The van der Waals surface area contributed by atoms with E-state index >= 15 is 0 Å². The molecule has 1 amide bonds. The number of sulfonamides is 1. The Labute approximate surface area is 231 Å². The summed E-state index contributed by atoms with van der Waals surface area (Å²) in [5, 5.41) is 12.4. The summed E-state index contributed by atoms with van der Waals surface area (Å²) in [5.74, 6) is -0.904. The number of nitrogens with one attached hydrogen (secondary N) is 2. The fourth-order valence-corrected chi connectivity index (χ4v) is 5.23. The fraction of sp³-hybridized carbons (Fsp3) is 0.286. The van der Waals surface area contributed by atoms with Crippen molar-refractivity contribution < 1.29 is 27.9 Å². The van der Waals surface area contributed by atoms with Gasteiger partial charge in [-0.05, 0) is 73.2 Å². The molecule has 0 saturated carbocycles. The average Bonchev–Trinajstić information content (AvgIpc) is 2.91. The van der Waals surface area contributed by atoms with Crippen LogP contribution < -0.4 is 14.8 Å². The minimum atomic E-state index is -4.04. The molecule has 3 rings (SSSR count). The minimum absolute atomic E-state index is 0.0131. The topological polar surface area (TPSA) is 122 Å². The molecule has 0 heterocycles. The highest BCUT2D eigenvalue weighted by molar-refractivity contribution is 9.10. The van der Waals surface area contributed by atoms with E-state index in [1.165, 1.54) is 12.1 Å². The average molecular weight is 604 g/mol. The number of carbonyl (C=O) groups is 2. The number of carboxylic acid groups (broad SMARTS) is 1. The number of carbonyl (C=O) groups excluding carboxylic acids is 1. The Morgan fingerprint density at radius 2 is 1.53 bits per heavy atom. The highest BCUT2D eigenvalue weighted by Gasteiger charge is 2.25. The summed E-state index contributed by atoms with van der Waals surface area (Å²) in [6.45, 7) is 2.18. The maximum Gasteiger partial charge on any atom is 0.321 e. The monoisotopic (exact) mass is 602 g/mol. The molecule has 38 heavy (non-hydrogen) atoms. The SMILES string of the molecule is CCC(Oc1ccccc1)C(=O)NCCCCC(NS(=O)(=O)c1ccc(-c2ccc(Br)cc2)cc1)C(=O)O. The molecule has 202 valence electrons. The molecule has 3 aromatic carbocycles. The zero-order valence-corrected chi connectivity index (χ0v) is 23.4. The van der Waals surface area contributed by atoms with Crippen LogP contribution in [0.25, 0.3) is 11.1 Å². The highest BCUT2D eigenvalue weighted by atomic mass is 79.9. The van der Waals surface area contributed by atoms with E-state index in [1.807, 2.05) is 49.4 Å². The van der Waals surface area contributed by atoms with Crippen LogP contribution in [0.15, 0.2) is 88.2 Å². The van der Waals surface area contributed by atoms with Crippen LogP contribution in [0.2, 0.25) is 0 Å². The summed E-state index contributed by atoms with van der Waals surface area (Å²) >= 11 is 3.38.